The second kappa shape index (κ2) is 4.80. The van der Waals surface area contributed by atoms with Crippen molar-refractivity contribution in [2.45, 2.75) is 32.5 Å². The molecule has 2 N–H and O–H groups in total. The standard InChI is InChI=1S/C10H13NO5S/c1-10(2,3)16-6(8(12)13)5-4-17-7(11-5)9(14)15/h4,6H,1-3H3,(H,12,13)(H,14,15). The first-order chi connectivity index (χ1) is 7.70. The summed E-state index contributed by atoms with van der Waals surface area (Å²) in [5.74, 6) is -2.37. The summed E-state index contributed by atoms with van der Waals surface area (Å²) in [6.45, 7) is 5.15. The highest BCUT2D eigenvalue weighted by atomic mass is 32.1. The van der Waals surface area contributed by atoms with Gasteiger partial charge in [0.05, 0.1) is 11.3 Å². The van der Waals surface area contributed by atoms with Crippen LogP contribution in [0.15, 0.2) is 5.38 Å². The summed E-state index contributed by atoms with van der Waals surface area (Å²) in [7, 11) is 0. The number of thiazole rings is 1. The third-order valence-corrected chi connectivity index (χ3v) is 2.52. The minimum atomic E-state index is -1.25. The van der Waals surface area contributed by atoms with Gasteiger partial charge in [-0.3, -0.25) is 0 Å². The Kier molecular flexibility index (Phi) is 3.84. The van der Waals surface area contributed by atoms with Crippen molar-refractivity contribution in [3.05, 3.63) is 16.1 Å². The molecule has 94 valence electrons. The van der Waals surface area contributed by atoms with Crippen LogP contribution in [-0.2, 0) is 9.53 Å². The molecule has 0 spiro atoms. The molecule has 0 aliphatic carbocycles. The van der Waals surface area contributed by atoms with Gasteiger partial charge < -0.3 is 14.9 Å². The van der Waals surface area contributed by atoms with Gasteiger partial charge in [-0.1, -0.05) is 0 Å². The van der Waals surface area contributed by atoms with Crippen LogP contribution in [0.2, 0.25) is 0 Å². The molecule has 0 aromatic carbocycles. The molecule has 0 radical (unpaired) electrons. The van der Waals surface area contributed by atoms with Crippen LogP contribution in [0.25, 0.3) is 0 Å². The molecular formula is C10H13NO5S. The third-order valence-electron chi connectivity index (χ3n) is 1.67. The second-order valence-electron chi connectivity index (χ2n) is 4.33. The normalized spacial score (nSPS) is 13.4. The van der Waals surface area contributed by atoms with Crippen LogP contribution in [0, 0.1) is 0 Å². The first kappa shape index (κ1) is 13.6. The maximum absolute atomic E-state index is 11.0. The van der Waals surface area contributed by atoms with Crippen molar-refractivity contribution in [3.8, 4) is 0 Å². The molecule has 1 aromatic rings. The molecule has 1 heterocycles. The topological polar surface area (TPSA) is 96.7 Å². The molecule has 0 fully saturated rings. The fourth-order valence-corrected chi connectivity index (χ4v) is 1.76. The van der Waals surface area contributed by atoms with E-state index in [1.54, 1.807) is 20.8 Å². The molecule has 6 nitrogen and oxygen atoms in total. The number of carboxylic acids is 2. The molecule has 1 atom stereocenters. The van der Waals surface area contributed by atoms with Gasteiger partial charge in [0.15, 0.2) is 6.10 Å². The van der Waals surface area contributed by atoms with E-state index >= 15 is 0 Å². The van der Waals surface area contributed by atoms with Gasteiger partial charge in [0.25, 0.3) is 0 Å². The summed E-state index contributed by atoms with van der Waals surface area (Å²) >= 11 is 0.875. The third kappa shape index (κ3) is 3.79. The van der Waals surface area contributed by atoms with Crippen molar-refractivity contribution in [2.75, 3.05) is 0 Å². The molecule has 0 amide bonds. The smallest absolute Gasteiger partial charge is 0.365 e. The van der Waals surface area contributed by atoms with Crippen molar-refractivity contribution < 1.29 is 24.5 Å². The van der Waals surface area contributed by atoms with Gasteiger partial charge in [0, 0.05) is 5.38 Å². The number of carboxylic acid groups (broad SMARTS) is 2. The average molecular weight is 259 g/mol. The van der Waals surface area contributed by atoms with Gasteiger partial charge in [-0.05, 0) is 20.8 Å². The largest absolute Gasteiger partial charge is 0.479 e. The molecule has 1 unspecified atom stereocenters. The van der Waals surface area contributed by atoms with E-state index in [9.17, 15) is 9.59 Å². The number of aromatic nitrogens is 1. The summed E-state index contributed by atoms with van der Waals surface area (Å²) in [6.07, 6.45) is -1.25. The van der Waals surface area contributed by atoms with Crippen molar-refractivity contribution in [1.82, 2.24) is 4.98 Å². The number of hydrogen-bond donors (Lipinski definition) is 2. The summed E-state index contributed by atoms with van der Waals surface area (Å²) in [5.41, 5.74) is -0.550. The fraction of sp³-hybridized carbons (Fsp3) is 0.500. The van der Waals surface area contributed by atoms with Crippen molar-refractivity contribution in [2.24, 2.45) is 0 Å². The van der Waals surface area contributed by atoms with Crippen LogP contribution >= 0.6 is 11.3 Å². The van der Waals surface area contributed by atoms with Crippen LogP contribution in [0.5, 0.6) is 0 Å². The Bertz CT molecular complexity index is 434. The summed E-state index contributed by atoms with van der Waals surface area (Å²) < 4.78 is 5.33. The van der Waals surface area contributed by atoms with E-state index < -0.39 is 23.6 Å². The Labute approximate surface area is 102 Å². The molecule has 0 saturated carbocycles. The van der Waals surface area contributed by atoms with Crippen LogP contribution in [0.4, 0.5) is 0 Å². The lowest BCUT2D eigenvalue weighted by Crippen LogP contribution is -2.27. The first-order valence-corrected chi connectivity index (χ1v) is 5.68. The van der Waals surface area contributed by atoms with Crippen LogP contribution < -0.4 is 0 Å². The number of hydrogen-bond acceptors (Lipinski definition) is 5. The Morgan fingerprint density at radius 2 is 2.00 bits per heavy atom. The van der Waals surface area contributed by atoms with E-state index in [1.165, 1.54) is 5.38 Å². The number of ether oxygens (including phenoxy) is 1. The van der Waals surface area contributed by atoms with Crippen molar-refractivity contribution >= 4 is 23.3 Å². The highest BCUT2D eigenvalue weighted by Gasteiger charge is 2.29. The van der Waals surface area contributed by atoms with Gasteiger partial charge in [-0.2, -0.15) is 0 Å². The predicted octanol–water partition coefficient (Wildman–Crippen LogP) is 1.78. The minimum Gasteiger partial charge on any atom is -0.479 e. The van der Waals surface area contributed by atoms with Crippen molar-refractivity contribution in [1.29, 1.82) is 0 Å². The average Bonchev–Trinajstić information content (AvgIpc) is 2.60. The zero-order valence-corrected chi connectivity index (χ0v) is 10.4. The number of carbonyl (C=O) groups is 2. The SMILES string of the molecule is CC(C)(C)OC(C(=O)O)c1csc(C(=O)O)n1. The van der Waals surface area contributed by atoms with E-state index in [2.05, 4.69) is 4.98 Å². The number of aromatic carboxylic acids is 1. The van der Waals surface area contributed by atoms with E-state index in [1.807, 2.05) is 0 Å². The van der Waals surface area contributed by atoms with Gasteiger partial charge >= 0.3 is 11.9 Å². The Morgan fingerprint density at radius 1 is 1.41 bits per heavy atom. The molecule has 0 bridgehead atoms. The zero-order valence-electron chi connectivity index (χ0n) is 9.63. The zero-order chi connectivity index (χ0) is 13.2. The second-order valence-corrected chi connectivity index (χ2v) is 5.19. The summed E-state index contributed by atoms with van der Waals surface area (Å²) in [5, 5.41) is 19.0. The summed E-state index contributed by atoms with van der Waals surface area (Å²) in [4.78, 5) is 25.4. The monoisotopic (exact) mass is 259 g/mol. The highest BCUT2D eigenvalue weighted by molar-refractivity contribution is 7.11. The Morgan fingerprint density at radius 3 is 2.35 bits per heavy atom. The molecule has 0 aliphatic heterocycles. The molecular weight excluding hydrogens is 246 g/mol. The Balaban J connectivity index is 2.98. The van der Waals surface area contributed by atoms with Gasteiger partial charge in [-0.25, -0.2) is 14.6 Å². The Hall–Kier alpha value is -1.47. The van der Waals surface area contributed by atoms with E-state index in [-0.39, 0.29) is 10.7 Å². The van der Waals surface area contributed by atoms with E-state index in [0.29, 0.717) is 0 Å². The number of rotatable bonds is 4. The van der Waals surface area contributed by atoms with Crippen LogP contribution in [-0.4, -0.2) is 32.7 Å². The van der Waals surface area contributed by atoms with E-state index in [0.717, 1.165) is 11.3 Å². The van der Waals surface area contributed by atoms with Crippen molar-refractivity contribution in [3.63, 3.8) is 0 Å². The van der Waals surface area contributed by atoms with Gasteiger partial charge in [0.1, 0.15) is 0 Å². The fourth-order valence-electron chi connectivity index (χ4n) is 1.10. The lowest BCUT2D eigenvalue weighted by molar-refractivity contribution is -0.161. The number of nitrogens with zero attached hydrogens (tertiary/aromatic N) is 1. The first-order valence-electron chi connectivity index (χ1n) is 4.80. The highest BCUT2D eigenvalue weighted by Crippen LogP contribution is 2.25. The molecule has 1 aromatic heterocycles. The molecule has 17 heavy (non-hydrogen) atoms. The maximum atomic E-state index is 11.0. The lowest BCUT2D eigenvalue weighted by atomic mass is 10.1. The van der Waals surface area contributed by atoms with Crippen LogP contribution in [0.1, 0.15) is 42.4 Å². The van der Waals surface area contributed by atoms with Gasteiger partial charge in [-0.15, -0.1) is 11.3 Å². The predicted molar refractivity (Wildman–Crippen MR) is 60.3 cm³/mol. The summed E-state index contributed by atoms with van der Waals surface area (Å²) in [6, 6.07) is 0. The minimum absolute atomic E-state index is 0.106. The molecule has 0 saturated heterocycles. The van der Waals surface area contributed by atoms with Gasteiger partial charge in [0.2, 0.25) is 5.01 Å². The van der Waals surface area contributed by atoms with Crippen LogP contribution in [0.3, 0.4) is 0 Å². The number of aliphatic carboxylic acids is 1. The molecule has 0 aliphatic rings. The maximum Gasteiger partial charge on any atom is 0.365 e. The molecule has 1 rings (SSSR count). The molecule has 7 heteroatoms. The lowest BCUT2D eigenvalue weighted by Gasteiger charge is -2.23. The quantitative estimate of drug-likeness (QED) is 0.855. The van der Waals surface area contributed by atoms with E-state index in [4.69, 9.17) is 14.9 Å².